The lowest BCUT2D eigenvalue weighted by molar-refractivity contribution is 0.0463. The van der Waals surface area contributed by atoms with E-state index < -0.39 is 5.97 Å². The molecule has 0 atom stereocenters. The molecule has 0 saturated heterocycles. The van der Waals surface area contributed by atoms with Crippen LogP contribution in [0.2, 0.25) is 0 Å². The molecule has 124 valence electrons. The number of aromatic amines is 1. The molecule has 4 rings (SSSR count). The van der Waals surface area contributed by atoms with Crippen molar-refractivity contribution in [2.24, 2.45) is 0 Å². The van der Waals surface area contributed by atoms with E-state index in [1.165, 1.54) is 10.5 Å². The smallest absolute Gasteiger partial charge is 0.359 e. The zero-order chi connectivity index (χ0) is 17.4. The van der Waals surface area contributed by atoms with Gasteiger partial charge in [-0.25, -0.2) is 9.78 Å². The summed E-state index contributed by atoms with van der Waals surface area (Å²) in [4.78, 5) is 28.9. The van der Waals surface area contributed by atoms with Crippen LogP contribution in [-0.4, -0.2) is 25.6 Å². The fourth-order valence-electron chi connectivity index (χ4n) is 2.71. The van der Waals surface area contributed by atoms with Crippen molar-refractivity contribution in [3.05, 3.63) is 76.0 Å². The van der Waals surface area contributed by atoms with Crippen LogP contribution in [0.5, 0.6) is 0 Å². The van der Waals surface area contributed by atoms with Gasteiger partial charge in [0.15, 0.2) is 5.69 Å². The SMILES string of the molecule is Cc1cccn2c(=O)cc(COC(=O)c3n[nH]c4ccccc34)nc12. The monoisotopic (exact) mass is 334 g/mol. The van der Waals surface area contributed by atoms with E-state index in [1.807, 2.05) is 31.2 Å². The molecule has 3 heterocycles. The zero-order valence-electron chi connectivity index (χ0n) is 13.4. The van der Waals surface area contributed by atoms with E-state index in [-0.39, 0.29) is 17.9 Å². The molecule has 4 aromatic rings. The van der Waals surface area contributed by atoms with Gasteiger partial charge >= 0.3 is 5.97 Å². The van der Waals surface area contributed by atoms with Gasteiger partial charge in [0.05, 0.1) is 11.2 Å². The van der Waals surface area contributed by atoms with Crippen LogP contribution in [-0.2, 0) is 11.3 Å². The third-order valence-corrected chi connectivity index (χ3v) is 3.95. The first-order valence-corrected chi connectivity index (χ1v) is 7.71. The van der Waals surface area contributed by atoms with Crippen LogP contribution < -0.4 is 5.56 Å². The molecule has 0 spiro atoms. The third kappa shape index (κ3) is 2.65. The van der Waals surface area contributed by atoms with Gasteiger partial charge in [0, 0.05) is 17.6 Å². The average Bonchev–Trinajstić information content (AvgIpc) is 3.05. The molecule has 3 aromatic heterocycles. The Kier molecular flexibility index (Phi) is 3.53. The largest absolute Gasteiger partial charge is 0.454 e. The molecule has 0 radical (unpaired) electrons. The van der Waals surface area contributed by atoms with Gasteiger partial charge in [-0.2, -0.15) is 5.10 Å². The van der Waals surface area contributed by atoms with Gasteiger partial charge in [-0.1, -0.05) is 24.3 Å². The maximum atomic E-state index is 12.3. The molecule has 0 aliphatic rings. The van der Waals surface area contributed by atoms with Crippen LogP contribution in [0.15, 0.2) is 53.5 Å². The highest BCUT2D eigenvalue weighted by Gasteiger charge is 2.16. The number of carbonyl (C=O) groups is 1. The van der Waals surface area contributed by atoms with E-state index in [2.05, 4.69) is 15.2 Å². The molecule has 25 heavy (non-hydrogen) atoms. The number of hydrogen-bond acceptors (Lipinski definition) is 5. The summed E-state index contributed by atoms with van der Waals surface area (Å²) in [6.07, 6.45) is 1.66. The van der Waals surface area contributed by atoms with E-state index in [1.54, 1.807) is 18.3 Å². The van der Waals surface area contributed by atoms with Gasteiger partial charge in [0.2, 0.25) is 0 Å². The minimum Gasteiger partial charge on any atom is -0.454 e. The minimum atomic E-state index is -0.566. The molecule has 0 amide bonds. The van der Waals surface area contributed by atoms with Crippen LogP contribution in [0.25, 0.3) is 16.6 Å². The number of carbonyl (C=O) groups excluding carboxylic acids is 1. The number of aromatic nitrogens is 4. The number of H-pyrrole nitrogens is 1. The van der Waals surface area contributed by atoms with Crippen LogP contribution in [0.1, 0.15) is 21.7 Å². The summed E-state index contributed by atoms with van der Waals surface area (Å²) in [5.74, 6) is -0.566. The van der Waals surface area contributed by atoms with Gasteiger partial charge in [-0.15, -0.1) is 0 Å². The Labute approximate surface area is 141 Å². The molecule has 1 aromatic carbocycles. The second-order valence-corrected chi connectivity index (χ2v) is 5.66. The molecule has 0 aliphatic carbocycles. The van der Waals surface area contributed by atoms with Gasteiger partial charge in [-0.3, -0.25) is 14.3 Å². The predicted molar refractivity (Wildman–Crippen MR) is 91.4 cm³/mol. The molecule has 7 nitrogen and oxygen atoms in total. The molecule has 0 fully saturated rings. The zero-order valence-corrected chi connectivity index (χ0v) is 13.4. The van der Waals surface area contributed by atoms with Crippen molar-refractivity contribution >= 4 is 22.5 Å². The van der Waals surface area contributed by atoms with Crippen molar-refractivity contribution in [2.45, 2.75) is 13.5 Å². The number of fused-ring (bicyclic) bond motifs is 2. The molecular formula is C18H14N4O3. The van der Waals surface area contributed by atoms with Gasteiger partial charge in [0.25, 0.3) is 5.56 Å². The number of hydrogen-bond donors (Lipinski definition) is 1. The summed E-state index contributed by atoms with van der Waals surface area (Å²) >= 11 is 0. The third-order valence-electron chi connectivity index (χ3n) is 3.95. The molecule has 0 aliphatic heterocycles. The molecular weight excluding hydrogens is 320 g/mol. The first-order valence-electron chi connectivity index (χ1n) is 7.71. The summed E-state index contributed by atoms with van der Waals surface area (Å²) in [5, 5.41) is 7.48. The van der Waals surface area contributed by atoms with Gasteiger partial charge in [0.1, 0.15) is 12.3 Å². The number of para-hydroxylation sites is 1. The standard InChI is InChI=1S/C18H14N4O3/c1-11-5-4-8-22-15(23)9-12(19-17(11)22)10-25-18(24)16-13-6-2-3-7-14(13)20-21-16/h2-9H,10H2,1H3,(H,20,21). The first kappa shape index (κ1) is 15.1. The highest BCUT2D eigenvalue weighted by atomic mass is 16.5. The van der Waals surface area contributed by atoms with E-state index in [9.17, 15) is 9.59 Å². The molecule has 1 N–H and O–H groups in total. The number of aryl methyl sites for hydroxylation is 1. The van der Waals surface area contributed by atoms with Gasteiger partial charge < -0.3 is 4.74 Å². The number of benzene rings is 1. The van der Waals surface area contributed by atoms with Crippen molar-refractivity contribution in [1.29, 1.82) is 0 Å². The maximum absolute atomic E-state index is 12.3. The van der Waals surface area contributed by atoms with E-state index >= 15 is 0 Å². The van der Waals surface area contributed by atoms with Crippen LogP contribution in [0.4, 0.5) is 0 Å². The lowest BCUT2D eigenvalue weighted by atomic mass is 10.2. The van der Waals surface area contributed by atoms with Crippen LogP contribution in [0, 0.1) is 6.92 Å². The number of rotatable bonds is 3. The number of nitrogens with one attached hydrogen (secondary N) is 1. The predicted octanol–water partition coefficient (Wildman–Crippen LogP) is 2.24. The fourth-order valence-corrected chi connectivity index (χ4v) is 2.71. The van der Waals surface area contributed by atoms with Crippen molar-refractivity contribution in [3.63, 3.8) is 0 Å². The lowest BCUT2D eigenvalue weighted by Crippen LogP contribution is -2.17. The molecule has 0 saturated carbocycles. The summed E-state index contributed by atoms with van der Waals surface area (Å²) in [5.41, 5.74) is 2.56. The number of ether oxygens (including phenoxy) is 1. The highest BCUT2D eigenvalue weighted by molar-refractivity contribution is 6.01. The highest BCUT2D eigenvalue weighted by Crippen LogP contribution is 2.16. The van der Waals surface area contributed by atoms with Crippen molar-refractivity contribution in [2.75, 3.05) is 0 Å². The summed E-state index contributed by atoms with van der Waals surface area (Å²) in [6, 6.07) is 12.3. The summed E-state index contributed by atoms with van der Waals surface area (Å²) in [7, 11) is 0. The quantitative estimate of drug-likeness (QED) is 0.580. The first-order chi connectivity index (χ1) is 12.1. The second kappa shape index (κ2) is 5.86. The van der Waals surface area contributed by atoms with E-state index in [0.717, 1.165) is 11.1 Å². The Morgan fingerprint density at radius 2 is 2.08 bits per heavy atom. The Bertz CT molecular complexity index is 1160. The fraction of sp³-hybridized carbons (Fsp3) is 0.111. The number of esters is 1. The molecule has 7 heteroatoms. The summed E-state index contributed by atoms with van der Waals surface area (Å²) < 4.78 is 6.75. The Hall–Kier alpha value is -3.48. The van der Waals surface area contributed by atoms with Gasteiger partial charge in [-0.05, 0) is 24.6 Å². The van der Waals surface area contributed by atoms with Crippen LogP contribution in [0.3, 0.4) is 0 Å². The maximum Gasteiger partial charge on any atom is 0.359 e. The topological polar surface area (TPSA) is 89.4 Å². The number of pyridine rings is 1. The Morgan fingerprint density at radius 3 is 2.96 bits per heavy atom. The van der Waals surface area contributed by atoms with E-state index in [4.69, 9.17) is 4.74 Å². The Balaban J connectivity index is 1.61. The second-order valence-electron chi connectivity index (χ2n) is 5.66. The lowest BCUT2D eigenvalue weighted by Gasteiger charge is -2.06. The van der Waals surface area contributed by atoms with Crippen molar-refractivity contribution in [3.8, 4) is 0 Å². The number of nitrogens with zero attached hydrogens (tertiary/aromatic N) is 3. The normalized spacial score (nSPS) is 11.1. The molecule has 0 bridgehead atoms. The van der Waals surface area contributed by atoms with Crippen molar-refractivity contribution < 1.29 is 9.53 Å². The minimum absolute atomic E-state index is 0.0971. The molecule has 0 unspecified atom stereocenters. The Morgan fingerprint density at radius 1 is 1.24 bits per heavy atom. The van der Waals surface area contributed by atoms with Crippen molar-refractivity contribution in [1.82, 2.24) is 19.6 Å². The van der Waals surface area contributed by atoms with E-state index in [0.29, 0.717) is 16.7 Å². The summed E-state index contributed by atoms with van der Waals surface area (Å²) in [6.45, 7) is 1.77. The van der Waals surface area contributed by atoms with Crippen LogP contribution >= 0.6 is 0 Å². The average molecular weight is 334 g/mol.